The van der Waals surface area contributed by atoms with Gasteiger partial charge in [0.15, 0.2) is 0 Å². The maximum absolute atomic E-state index is 12.0. The van der Waals surface area contributed by atoms with E-state index in [-0.39, 0.29) is 17.6 Å². The average molecular weight is 255 g/mol. The average Bonchev–Trinajstić information content (AvgIpc) is 2.12. The van der Waals surface area contributed by atoms with Gasteiger partial charge >= 0.3 is 6.18 Å². The van der Waals surface area contributed by atoms with Crippen LogP contribution in [-0.2, 0) is 4.74 Å². The molecule has 0 aliphatic carbocycles. The van der Waals surface area contributed by atoms with E-state index in [9.17, 15) is 13.2 Å². The number of nitrogens with one attached hydrogen (secondary N) is 1. The van der Waals surface area contributed by atoms with E-state index in [1.54, 1.807) is 0 Å². The molecule has 0 aromatic heterocycles. The topological polar surface area (TPSA) is 21.3 Å². The number of rotatable bonds is 6. The van der Waals surface area contributed by atoms with E-state index in [0.717, 1.165) is 6.42 Å². The monoisotopic (exact) mass is 255 g/mol. The predicted molar refractivity (Wildman–Crippen MR) is 63.0 cm³/mol. The van der Waals surface area contributed by atoms with Gasteiger partial charge in [-0.2, -0.15) is 13.2 Å². The van der Waals surface area contributed by atoms with Crippen molar-refractivity contribution in [3.8, 4) is 0 Å². The molecule has 17 heavy (non-hydrogen) atoms. The fourth-order valence-corrected chi connectivity index (χ4v) is 1.17. The molecule has 1 atom stereocenters. The summed E-state index contributed by atoms with van der Waals surface area (Å²) < 4.78 is 40.7. The van der Waals surface area contributed by atoms with E-state index in [4.69, 9.17) is 4.74 Å². The highest BCUT2D eigenvalue weighted by Gasteiger charge is 2.30. The fraction of sp³-hybridized carbons (Fsp3) is 1.00. The number of hydrogen-bond acceptors (Lipinski definition) is 2. The summed E-state index contributed by atoms with van der Waals surface area (Å²) in [5.74, 6) is 0. The lowest BCUT2D eigenvalue weighted by Gasteiger charge is -2.32. The molecule has 0 aliphatic heterocycles. The van der Waals surface area contributed by atoms with Crippen molar-refractivity contribution in [3.63, 3.8) is 0 Å². The fourth-order valence-electron chi connectivity index (χ4n) is 1.17. The van der Waals surface area contributed by atoms with Gasteiger partial charge in [-0.25, -0.2) is 0 Å². The van der Waals surface area contributed by atoms with Gasteiger partial charge in [0.25, 0.3) is 0 Å². The van der Waals surface area contributed by atoms with Crippen LogP contribution >= 0.6 is 0 Å². The van der Waals surface area contributed by atoms with Crippen molar-refractivity contribution in [2.75, 3.05) is 19.8 Å². The molecule has 104 valence electrons. The first-order valence-corrected chi connectivity index (χ1v) is 5.87. The Kier molecular flexibility index (Phi) is 5.94. The lowest BCUT2D eigenvalue weighted by molar-refractivity contribution is -0.180. The molecule has 0 spiro atoms. The van der Waals surface area contributed by atoms with Crippen LogP contribution in [0.25, 0.3) is 0 Å². The Bertz CT molecular complexity index is 223. The summed E-state index contributed by atoms with van der Waals surface area (Å²) >= 11 is 0. The first-order chi connectivity index (χ1) is 7.47. The minimum absolute atomic E-state index is 0.0412. The third kappa shape index (κ3) is 9.41. The van der Waals surface area contributed by atoms with Gasteiger partial charge in [0, 0.05) is 17.5 Å². The van der Waals surface area contributed by atoms with Crippen LogP contribution in [0.5, 0.6) is 0 Å². The number of hydrogen-bond donors (Lipinski definition) is 1. The quantitative estimate of drug-likeness (QED) is 0.785. The summed E-state index contributed by atoms with van der Waals surface area (Å²) in [5.41, 5.74) is -0.307. The van der Waals surface area contributed by atoms with Gasteiger partial charge in [0.2, 0.25) is 0 Å². The first-order valence-electron chi connectivity index (χ1n) is 5.87. The number of alkyl halides is 3. The Balaban J connectivity index is 4.10. The van der Waals surface area contributed by atoms with Gasteiger partial charge in [0.05, 0.1) is 6.61 Å². The summed E-state index contributed by atoms with van der Waals surface area (Å²) in [6.07, 6.45) is -3.47. The highest BCUT2D eigenvalue weighted by Crippen LogP contribution is 2.23. The van der Waals surface area contributed by atoms with Gasteiger partial charge in [-0.15, -0.1) is 0 Å². The molecule has 0 saturated carbocycles. The van der Waals surface area contributed by atoms with Crippen LogP contribution in [-0.4, -0.2) is 31.5 Å². The zero-order valence-electron chi connectivity index (χ0n) is 11.4. The molecule has 0 fully saturated rings. The Labute approximate surface area is 102 Å². The van der Waals surface area contributed by atoms with Crippen molar-refractivity contribution >= 4 is 0 Å². The minimum Gasteiger partial charge on any atom is -0.371 e. The SMILES string of the molecule is CCC(C)(CNC(C)(C)C)COCC(F)(F)F. The Morgan fingerprint density at radius 3 is 1.88 bits per heavy atom. The third-order valence-corrected chi connectivity index (χ3v) is 2.62. The van der Waals surface area contributed by atoms with Gasteiger partial charge < -0.3 is 10.1 Å². The van der Waals surface area contributed by atoms with Gasteiger partial charge in [-0.1, -0.05) is 13.8 Å². The molecule has 2 nitrogen and oxygen atoms in total. The van der Waals surface area contributed by atoms with E-state index >= 15 is 0 Å². The standard InChI is InChI=1S/C12H24F3NO/c1-6-11(5,7-16-10(2,3)4)8-17-9-12(13,14)15/h16H,6-9H2,1-5H3. The van der Waals surface area contributed by atoms with Gasteiger partial charge in [0.1, 0.15) is 6.61 Å². The summed E-state index contributed by atoms with van der Waals surface area (Å²) in [6, 6.07) is 0. The molecule has 1 unspecified atom stereocenters. The molecule has 0 saturated heterocycles. The zero-order valence-corrected chi connectivity index (χ0v) is 11.4. The molecule has 0 rings (SSSR count). The largest absolute Gasteiger partial charge is 0.411 e. The second-order valence-electron chi connectivity index (χ2n) is 5.88. The Morgan fingerprint density at radius 2 is 1.53 bits per heavy atom. The molecule has 0 heterocycles. The van der Waals surface area contributed by atoms with Crippen LogP contribution in [0, 0.1) is 5.41 Å². The lowest BCUT2D eigenvalue weighted by atomic mass is 9.87. The van der Waals surface area contributed by atoms with Crippen LogP contribution in [0.3, 0.4) is 0 Å². The van der Waals surface area contributed by atoms with Crippen LogP contribution in [0.15, 0.2) is 0 Å². The normalized spacial score (nSPS) is 16.9. The second kappa shape index (κ2) is 6.05. The van der Waals surface area contributed by atoms with E-state index in [1.807, 2.05) is 34.6 Å². The Hall–Kier alpha value is -0.290. The highest BCUT2D eigenvalue weighted by molar-refractivity contribution is 4.80. The molecular formula is C12H24F3NO. The zero-order chi connectivity index (χ0) is 13.7. The van der Waals surface area contributed by atoms with Crippen molar-refractivity contribution in [1.29, 1.82) is 0 Å². The highest BCUT2D eigenvalue weighted by atomic mass is 19.4. The maximum atomic E-state index is 12.0. The number of ether oxygens (including phenoxy) is 1. The summed E-state index contributed by atoms with van der Waals surface area (Å²) in [4.78, 5) is 0. The molecule has 0 aromatic rings. The third-order valence-electron chi connectivity index (χ3n) is 2.62. The smallest absolute Gasteiger partial charge is 0.371 e. The predicted octanol–water partition coefficient (Wildman–Crippen LogP) is 3.37. The van der Waals surface area contributed by atoms with Crippen LogP contribution in [0.1, 0.15) is 41.0 Å². The van der Waals surface area contributed by atoms with Crippen LogP contribution in [0.2, 0.25) is 0 Å². The molecule has 0 aliphatic rings. The lowest BCUT2D eigenvalue weighted by Crippen LogP contribution is -2.44. The van der Waals surface area contributed by atoms with Crippen LogP contribution < -0.4 is 5.32 Å². The maximum Gasteiger partial charge on any atom is 0.411 e. The summed E-state index contributed by atoms with van der Waals surface area (Å²) in [7, 11) is 0. The van der Waals surface area contributed by atoms with Crippen molar-refractivity contribution in [1.82, 2.24) is 5.32 Å². The van der Waals surface area contributed by atoms with E-state index < -0.39 is 12.8 Å². The van der Waals surface area contributed by atoms with E-state index in [2.05, 4.69) is 5.32 Å². The van der Waals surface area contributed by atoms with Gasteiger partial charge in [-0.3, -0.25) is 0 Å². The molecule has 0 amide bonds. The molecule has 0 bridgehead atoms. The minimum atomic E-state index is -4.24. The first kappa shape index (κ1) is 16.7. The molecule has 1 N–H and O–H groups in total. The molecule has 0 aromatic carbocycles. The number of halogens is 3. The molecule has 5 heteroatoms. The summed E-state index contributed by atoms with van der Waals surface area (Å²) in [6.45, 7) is 9.57. The van der Waals surface area contributed by atoms with Crippen LogP contribution in [0.4, 0.5) is 13.2 Å². The molecule has 0 radical (unpaired) electrons. The van der Waals surface area contributed by atoms with E-state index in [0.29, 0.717) is 6.54 Å². The molecular weight excluding hydrogens is 231 g/mol. The van der Waals surface area contributed by atoms with Crippen molar-refractivity contribution < 1.29 is 17.9 Å². The Morgan fingerprint density at radius 1 is 1.00 bits per heavy atom. The van der Waals surface area contributed by atoms with Crippen molar-refractivity contribution in [3.05, 3.63) is 0 Å². The van der Waals surface area contributed by atoms with E-state index in [1.165, 1.54) is 0 Å². The van der Waals surface area contributed by atoms with Gasteiger partial charge in [-0.05, 0) is 27.2 Å². The second-order valence-corrected chi connectivity index (χ2v) is 5.88. The van der Waals surface area contributed by atoms with Crippen molar-refractivity contribution in [2.24, 2.45) is 5.41 Å². The summed E-state index contributed by atoms with van der Waals surface area (Å²) in [5, 5.41) is 3.30. The van der Waals surface area contributed by atoms with Crippen molar-refractivity contribution in [2.45, 2.75) is 52.8 Å².